The number of Topliss-reactive ketones (excluding diaryl/α,β-unsaturated/α-hetero) is 1. The van der Waals surface area contributed by atoms with Crippen LogP contribution in [0.1, 0.15) is 67.7 Å². The predicted molar refractivity (Wildman–Crippen MR) is 124 cm³/mol. The summed E-state index contributed by atoms with van der Waals surface area (Å²) in [5, 5.41) is 7.84. The Labute approximate surface area is 201 Å². The summed E-state index contributed by atoms with van der Waals surface area (Å²) >= 11 is 0. The normalized spacial score (nSPS) is 18.6. The number of carbonyl (C=O) groups is 5. The Bertz CT molecular complexity index is 746. The zero-order chi connectivity index (χ0) is 26.1. The molecule has 0 spiro atoms. The van der Waals surface area contributed by atoms with Crippen molar-refractivity contribution in [3.63, 3.8) is 0 Å². The van der Waals surface area contributed by atoms with Crippen molar-refractivity contribution in [2.24, 2.45) is 17.3 Å². The smallest absolute Gasteiger partial charge is 0.407 e. The van der Waals surface area contributed by atoms with Crippen molar-refractivity contribution in [1.82, 2.24) is 21.4 Å². The predicted octanol–water partition coefficient (Wildman–Crippen LogP) is 1.21. The van der Waals surface area contributed by atoms with E-state index in [1.165, 1.54) is 0 Å². The van der Waals surface area contributed by atoms with Crippen LogP contribution in [0, 0.1) is 17.3 Å². The van der Waals surface area contributed by atoms with E-state index in [-0.39, 0.29) is 36.9 Å². The van der Waals surface area contributed by atoms with Gasteiger partial charge in [0.2, 0.25) is 17.6 Å². The highest BCUT2D eigenvalue weighted by molar-refractivity contribution is 6.38. The van der Waals surface area contributed by atoms with Gasteiger partial charge >= 0.3 is 12.0 Å². The Morgan fingerprint density at radius 2 is 1.56 bits per heavy atom. The van der Waals surface area contributed by atoms with Gasteiger partial charge in [-0.15, -0.1) is 0 Å². The molecule has 1 saturated heterocycles. The van der Waals surface area contributed by atoms with Crippen molar-refractivity contribution in [2.75, 3.05) is 13.2 Å². The average Bonchev–Trinajstić information content (AvgIpc) is 2.85. The molecule has 0 radical (unpaired) electrons. The van der Waals surface area contributed by atoms with Gasteiger partial charge in [-0.3, -0.25) is 24.0 Å². The number of rotatable bonds is 10. The van der Waals surface area contributed by atoms with Crippen LogP contribution in [0.3, 0.4) is 0 Å². The fraction of sp³-hybridized carbons (Fsp3) is 0.783. The van der Waals surface area contributed by atoms with E-state index < -0.39 is 47.7 Å². The Hall–Kier alpha value is -2.69. The standard InChI is InChI=1S/C23H40N4O7/c1-13(2)10-16(19(29)24-15-8-9-34-27-21(31)18(15)28)25-20(30)17(11-14(3)4)26-22(32)33-12-23(5,6)7/h13-17H,8-12H2,1-7H3,(H,24,29)(H,25,30)(H,26,32)(H,27,31). The molecule has 1 aliphatic heterocycles. The number of carbonyl (C=O) groups excluding carboxylic acids is 5. The van der Waals surface area contributed by atoms with E-state index >= 15 is 0 Å². The van der Waals surface area contributed by atoms with Crippen LogP contribution in [-0.4, -0.2) is 60.9 Å². The van der Waals surface area contributed by atoms with E-state index in [0.29, 0.717) is 12.8 Å². The minimum Gasteiger partial charge on any atom is -0.449 e. The summed E-state index contributed by atoms with van der Waals surface area (Å²) in [4.78, 5) is 67.0. The summed E-state index contributed by atoms with van der Waals surface area (Å²) in [5.74, 6) is -2.76. The van der Waals surface area contributed by atoms with Crippen LogP contribution in [-0.2, 0) is 28.8 Å². The van der Waals surface area contributed by atoms with Gasteiger partial charge in [-0.2, -0.15) is 0 Å². The molecule has 0 aromatic rings. The first-order valence-electron chi connectivity index (χ1n) is 11.7. The molecule has 1 heterocycles. The monoisotopic (exact) mass is 484 g/mol. The molecule has 4 N–H and O–H groups in total. The zero-order valence-corrected chi connectivity index (χ0v) is 21.3. The molecule has 1 aliphatic rings. The molecule has 34 heavy (non-hydrogen) atoms. The number of ketones is 1. The maximum Gasteiger partial charge on any atom is 0.407 e. The SMILES string of the molecule is CC(C)CC(NC(=O)OCC(C)(C)C)C(=O)NC(CC(C)C)C(=O)NC1CCONC(=O)C1=O. The average molecular weight is 485 g/mol. The molecule has 0 saturated carbocycles. The number of hydrogen-bond donors (Lipinski definition) is 4. The van der Waals surface area contributed by atoms with Gasteiger partial charge in [0.05, 0.1) is 19.3 Å². The van der Waals surface area contributed by atoms with Crippen molar-refractivity contribution in [2.45, 2.75) is 85.9 Å². The highest BCUT2D eigenvalue weighted by atomic mass is 16.7. The highest BCUT2D eigenvalue weighted by Gasteiger charge is 2.33. The topological polar surface area (TPSA) is 152 Å². The van der Waals surface area contributed by atoms with E-state index in [2.05, 4.69) is 16.0 Å². The van der Waals surface area contributed by atoms with Crippen molar-refractivity contribution >= 4 is 29.6 Å². The van der Waals surface area contributed by atoms with Gasteiger partial charge < -0.3 is 20.7 Å². The van der Waals surface area contributed by atoms with Crippen molar-refractivity contribution in [3.05, 3.63) is 0 Å². The molecule has 0 aromatic heterocycles. The van der Waals surface area contributed by atoms with Crippen LogP contribution < -0.4 is 21.4 Å². The van der Waals surface area contributed by atoms with Crippen LogP contribution in [0.2, 0.25) is 0 Å². The summed E-state index contributed by atoms with van der Waals surface area (Å²) in [6, 6.07) is -2.93. The van der Waals surface area contributed by atoms with Crippen LogP contribution in [0.4, 0.5) is 4.79 Å². The van der Waals surface area contributed by atoms with Crippen LogP contribution in [0.5, 0.6) is 0 Å². The molecule has 194 valence electrons. The largest absolute Gasteiger partial charge is 0.449 e. The summed E-state index contributed by atoms with van der Waals surface area (Å²) in [5.41, 5.74) is 1.77. The third kappa shape index (κ3) is 11.0. The summed E-state index contributed by atoms with van der Waals surface area (Å²) < 4.78 is 5.22. The quantitative estimate of drug-likeness (QED) is 0.340. The molecule has 3 atom stereocenters. The minimum absolute atomic E-state index is 0.0424. The Morgan fingerprint density at radius 1 is 1.00 bits per heavy atom. The summed E-state index contributed by atoms with van der Waals surface area (Å²) in [7, 11) is 0. The molecule has 1 rings (SSSR count). The lowest BCUT2D eigenvalue weighted by molar-refractivity contribution is -0.144. The molecule has 1 fully saturated rings. The molecule has 11 nitrogen and oxygen atoms in total. The second kappa shape index (κ2) is 13.3. The first kappa shape index (κ1) is 29.3. The number of alkyl carbamates (subject to hydrolysis) is 1. The number of hydroxylamine groups is 1. The van der Waals surface area contributed by atoms with Gasteiger partial charge in [0.25, 0.3) is 0 Å². The molecule has 4 amide bonds. The lowest BCUT2D eigenvalue weighted by Gasteiger charge is -2.26. The van der Waals surface area contributed by atoms with E-state index in [1.807, 2.05) is 53.9 Å². The second-order valence-electron chi connectivity index (χ2n) is 10.6. The zero-order valence-electron chi connectivity index (χ0n) is 21.3. The van der Waals surface area contributed by atoms with Crippen molar-refractivity contribution in [3.8, 4) is 0 Å². The van der Waals surface area contributed by atoms with Gasteiger partial charge in [-0.05, 0) is 30.1 Å². The maximum atomic E-state index is 13.1. The van der Waals surface area contributed by atoms with E-state index in [4.69, 9.17) is 9.57 Å². The third-order valence-corrected chi connectivity index (χ3v) is 4.82. The van der Waals surface area contributed by atoms with E-state index in [1.54, 1.807) is 0 Å². The molecule has 0 bridgehead atoms. The van der Waals surface area contributed by atoms with Crippen LogP contribution in [0.15, 0.2) is 0 Å². The van der Waals surface area contributed by atoms with E-state index in [9.17, 15) is 24.0 Å². The Morgan fingerprint density at radius 3 is 2.09 bits per heavy atom. The fourth-order valence-corrected chi connectivity index (χ4v) is 3.19. The highest BCUT2D eigenvalue weighted by Crippen LogP contribution is 2.14. The molecular formula is C23H40N4O7. The summed E-state index contributed by atoms with van der Waals surface area (Å²) in [6.45, 7) is 13.6. The van der Waals surface area contributed by atoms with Gasteiger partial charge in [0.15, 0.2) is 0 Å². The Balaban J connectivity index is 2.91. The van der Waals surface area contributed by atoms with Gasteiger partial charge in [-0.1, -0.05) is 48.5 Å². The lowest BCUT2D eigenvalue weighted by atomic mass is 9.99. The van der Waals surface area contributed by atoms with E-state index in [0.717, 1.165) is 0 Å². The lowest BCUT2D eigenvalue weighted by Crippen LogP contribution is -2.57. The molecule has 11 heteroatoms. The van der Waals surface area contributed by atoms with Crippen molar-refractivity contribution in [1.29, 1.82) is 0 Å². The van der Waals surface area contributed by atoms with Crippen LogP contribution in [0.25, 0.3) is 0 Å². The third-order valence-electron chi connectivity index (χ3n) is 4.82. The van der Waals surface area contributed by atoms with Crippen molar-refractivity contribution < 1.29 is 33.5 Å². The molecule has 0 aliphatic carbocycles. The van der Waals surface area contributed by atoms with Crippen LogP contribution >= 0.6 is 0 Å². The maximum absolute atomic E-state index is 13.1. The molecular weight excluding hydrogens is 444 g/mol. The fourth-order valence-electron chi connectivity index (χ4n) is 3.19. The number of hydrogen-bond acceptors (Lipinski definition) is 7. The molecule has 0 aromatic carbocycles. The first-order chi connectivity index (χ1) is 15.7. The summed E-state index contributed by atoms with van der Waals surface area (Å²) in [6.07, 6.45) is 0.0356. The Kier molecular flexibility index (Phi) is 11.4. The molecule has 3 unspecified atom stereocenters. The van der Waals surface area contributed by atoms with Gasteiger partial charge in [-0.25, -0.2) is 10.3 Å². The number of nitrogens with one attached hydrogen (secondary N) is 4. The van der Waals surface area contributed by atoms with Gasteiger partial charge in [0.1, 0.15) is 12.1 Å². The first-order valence-corrected chi connectivity index (χ1v) is 11.7. The minimum atomic E-state index is -1.06. The van der Waals surface area contributed by atoms with Gasteiger partial charge in [0, 0.05) is 6.42 Å². The second-order valence-corrected chi connectivity index (χ2v) is 10.6. The number of amides is 4. The number of ether oxygens (including phenoxy) is 1.